The molecule has 0 spiro atoms. The predicted octanol–water partition coefficient (Wildman–Crippen LogP) is 3.14. The van der Waals surface area contributed by atoms with Gasteiger partial charge < -0.3 is 5.11 Å². The molecule has 0 aromatic carbocycles. The van der Waals surface area contributed by atoms with Crippen LogP contribution in [-0.2, 0) is 0 Å². The topological polar surface area (TPSA) is 20.2 Å². The van der Waals surface area contributed by atoms with E-state index in [0.29, 0.717) is 5.92 Å². The highest BCUT2D eigenvalue weighted by Crippen LogP contribution is 2.33. The van der Waals surface area contributed by atoms with Crippen LogP contribution in [-0.4, -0.2) is 11.2 Å². The lowest BCUT2D eigenvalue weighted by Gasteiger charge is -2.28. The number of hydrogen-bond donors (Lipinski definition) is 1. The lowest BCUT2D eigenvalue weighted by atomic mass is 9.78. The summed E-state index contributed by atoms with van der Waals surface area (Å²) in [5, 5.41) is 9.46. The summed E-state index contributed by atoms with van der Waals surface area (Å²) in [7, 11) is 0. The predicted molar refractivity (Wildman–Crippen MR) is 56.6 cm³/mol. The van der Waals surface area contributed by atoms with Crippen LogP contribution in [0.4, 0.5) is 0 Å². The Morgan fingerprint density at radius 3 is 2.23 bits per heavy atom. The van der Waals surface area contributed by atoms with Gasteiger partial charge >= 0.3 is 0 Å². The zero-order valence-corrected chi connectivity index (χ0v) is 8.92. The first-order valence-electron chi connectivity index (χ1n) is 5.49. The molecule has 1 heteroatoms. The van der Waals surface area contributed by atoms with Crippen molar-refractivity contribution in [1.82, 2.24) is 0 Å². The average Bonchev–Trinajstić information content (AvgIpc) is 2.17. The maximum atomic E-state index is 9.46. The monoisotopic (exact) mass is 182 g/mol. The first kappa shape index (κ1) is 10.8. The molecule has 0 aromatic rings. The van der Waals surface area contributed by atoms with Gasteiger partial charge in [-0.15, -0.1) is 0 Å². The van der Waals surface area contributed by atoms with E-state index in [1.807, 2.05) is 6.92 Å². The van der Waals surface area contributed by atoms with Crippen molar-refractivity contribution in [2.75, 3.05) is 0 Å². The Kier molecular flexibility index (Phi) is 3.98. The Bertz CT molecular complexity index is 166. The Hall–Kier alpha value is -0.300. The lowest BCUT2D eigenvalue weighted by Crippen LogP contribution is -2.21. The zero-order chi connectivity index (χ0) is 9.84. The first-order valence-corrected chi connectivity index (χ1v) is 5.49. The Morgan fingerprint density at radius 1 is 1.23 bits per heavy atom. The third-order valence-corrected chi connectivity index (χ3v) is 3.44. The standard InChI is InChI=1S/C12H22O/c1-9(11(3)13)10(2)12-7-5-4-6-8-12/h9,11-13H,2,4-8H2,1,3H3. The summed E-state index contributed by atoms with van der Waals surface area (Å²) in [4.78, 5) is 0. The van der Waals surface area contributed by atoms with Crippen molar-refractivity contribution in [2.45, 2.75) is 52.1 Å². The highest BCUT2D eigenvalue weighted by molar-refractivity contribution is 5.07. The van der Waals surface area contributed by atoms with Crippen LogP contribution in [0.2, 0.25) is 0 Å². The fraction of sp³-hybridized carbons (Fsp3) is 0.833. The lowest BCUT2D eigenvalue weighted by molar-refractivity contribution is 0.144. The van der Waals surface area contributed by atoms with E-state index >= 15 is 0 Å². The summed E-state index contributed by atoms with van der Waals surface area (Å²) in [6.45, 7) is 8.08. The molecule has 2 unspecified atom stereocenters. The number of aliphatic hydroxyl groups is 1. The minimum Gasteiger partial charge on any atom is -0.393 e. The summed E-state index contributed by atoms with van der Waals surface area (Å²) >= 11 is 0. The molecule has 1 nitrogen and oxygen atoms in total. The third-order valence-electron chi connectivity index (χ3n) is 3.44. The van der Waals surface area contributed by atoms with Gasteiger partial charge in [0.1, 0.15) is 0 Å². The van der Waals surface area contributed by atoms with E-state index in [-0.39, 0.29) is 12.0 Å². The zero-order valence-electron chi connectivity index (χ0n) is 8.92. The van der Waals surface area contributed by atoms with E-state index in [9.17, 15) is 5.11 Å². The van der Waals surface area contributed by atoms with Crippen LogP contribution in [0.1, 0.15) is 46.0 Å². The first-order chi connectivity index (χ1) is 6.13. The Balaban J connectivity index is 2.45. The van der Waals surface area contributed by atoms with E-state index in [4.69, 9.17) is 0 Å². The van der Waals surface area contributed by atoms with Gasteiger partial charge in [-0.2, -0.15) is 0 Å². The minimum atomic E-state index is -0.241. The van der Waals surface area contributed by atoms with Crippen molar-refractivity contribution < 1.29 is 5.11 Å². The summed E-state index contributed by atoms with van der Waals surface area (Å²) in [5.74, 6) is 0.946. The van der Waals surface area contributed by atoms with E-state index in [1.165, 1.54) is 37.7 Å². The van der Waals surface area contributed by atoms with E-state index in [2.05, 4.69) is 13.5 Å². The number of hydrogen-bond acceptors (Lipinski definition) is 1. The van der Waals surface area contributed by atoms with E-state index in [0.717, 1.165) is 0 Å². The quantitative estimate of drug-likeness (QED) is 0.665. The third kappa shape index (κ3) is 2.84. The van der Waals surface area contributed by atoms with Crippen LogP contribution in [0.5, 0.6) is 0 Å². The van der Waals surface area contributed by atoms with Crippen LogP contribution < -0.4 is 0 Å². The van der Waals surface area contributed by atoms with Crippen LogP contribution in [0.3, 0.4) is 0 Å². The number of aliphatic hydroxyl groups excluding tert-OH is 1. The molecule has 0 heterocycles. The van der Waals surface area contributed by atoms with Gasteiger partial charge in [0.25, 0.3) is 0 Å². The van der Waals surface area contributed by atoms with Gasteiger partial charge in [-0.05, 0) is 25.7 Å². The molecular weight excluding hydrogens is 160 g/mol. The second kappa shape index (κ2) is 4.80. The molecule has 0 bridgehead atoms. The van der Waals surface area contributed by atoms with Gasteiger partial charge in [-0.25, -0.2) is 0 Å². The molecule has 1 fully saturated rings. The molecule has 1 saturated carbocycles. The second-order valence-electron chi connectivity index (χ2n) is 4.44. The van der Waals surface area contributed by atoms with E-state index in [1.54, 1.807) is 0 Å². The SMILES string of the molecule is C=C(C1CCCCC1)C(C)C(C)O. The molecular formula is C12H22O. The molecule has 1 aliphatic carbocycles. The second-order valence-corrected chi connectivity index (χ2v) is 4.44. The molecule has 76 valence electrons. The van der Waals surface area contributed by atoms with Gasteiger partial charge in [0.05, 0.1) is 6.10 Å². The van der Waals surface area contributed by atoms with E-state index < -0.39 is 0 Å². The van der Waals surface area contributed by atoms with Gasteiger partial charge in [0.2, 0.25) is 0 Å². The molecule has 2 atom stereocenters. The summed E-state index contributed by atoms with van der Waals surface area (Å²) in [5.41, 5.74) is 1.27. The molecule has 1 aliphatic rings. The van der Waals surface area contributed by atoms with Crippen molar-refractivity contribution >= 4 is 0 Å². The van der Waals surface area contributed by atoms with Crippen molar-refractivity contribution in [3.8, 4) is 0 Å². The average molecular weight is 182 g/mol. The number of rotatable bonds is 3. The van der Waals surface area contributed by atoms with Gasteiger partial charge in [-0.1, -0.05) is 38.3 Å². The van der Waals surface area contributed by atoms with Crippen molar-refractivity contribution in [2.24, 2.45) is 11.8 Å². The highest BCUT2D eigenvalue weighted by atomic mass is 16.3. The fourth-order valence-corrected chi connectivity index (χ4v) is 2.15. The highest BCUT2D eigenvalue weighted by Gasteiger charge is 2.22. The maximum Gasteiger partial charge on any atom is 0.0574 e. The van der Waals surface area contributed by atoms with Gasteiger partial charge in [-0.3, -0.25) is 0 Å². The molecule has 0 aromatic heterocycles. The van der Waals surface area contributed by atoms with Crippen LogP contribution in [0.15, 0.2) is 12.2 Å². The maximum absolute atomic E-state index is 9.46. The normalized spacial score (nSPS) is 23.9. The van der Waals surface area contributed by atoms with Crippen molar-refractivity contribution in [3.63, 3.8) is 0 Å². The van der Waals surface area contributed by atoms with Crippen molar-refractivity contribution in [3.05, 3.63) is 12.2 Å². The molecule has 0 amide bonds. The smallest absolute Gasteiger partial charge is 0.0574 e. The Labute approximate surface area is 81.9 Å². The summed E-state index contributed by atoms with van der Waals surface area (Å²) < 4.78 is 0. The minimum absolute atomic E-state index is 0.241. The fourth-order valence-electron chi connectivity index (χ4n) is 2.15. The summed E-state index contributed by atoms with van der Waals surface area (Å²) in [6, 6.07) is 0. The Morgan fingerprint density at radius 2 is 1.77 bits per heavy atom. The molecule has 0 radical (unpaired) electrons. The largest absolute Gasteiger partial charge is 0.393 e. The molecule has 13 heavy (non-hydrogen) atoms. The molecule has 0 aliphatic heterocycles. The molecule has 0 saturated heterocycles. The molecule has 1 rings (SSSR count). The van der Waals surface area contributed by atoms with Gasteiger partial charge in [0, 0.05) is 5.92 Å². The van der Waals surface area contributed by atoms with Crippen molar-refractivity contribution in [1.29, 1.82) is 0 Å². The summed E-state index contributed by atoms with van der Waals surface area (Å²) in [6.07, 6.45) is 6.40. The van der Waals surface area contributed by atoms with Crippen LogP contribution in [0, 0.1) is 11.8 Å². The molecule has 1 N–H and O–H groups in total. The van der Waals surface area contributed by atoms with Crippen LogP contribution >= 0.6 is 0 Å². The van der Waals surface area contributed by atoms with Crippen LogP contribution in [0.25, 0.3) is 0 Å². The van der Waals surface area contributed by atoms with Gasteiger partial charge in [0.15, 0.2) is 0 Å².